The lowest BCUT2D eigenvalue weighted by Crippen LogP contribution is -2.21. The van der Waals surface area contributed by atoms with Gasteiger partial charge in [0, 0.05) is 7.05 Å². The lowest BCUT2D eigenvalue weighted by molar-refractivity contribution is -0.118. The summed E-state index contributed by atoms with van der Waals surface area (Å²) < 4.78 is 7.29. The number of carbonyl (C=O) groups is 1. The van der Waals surface area contributed by atoms with Gasteiger partial charge in [0.15, 0.2) is 12.4 Å². The molecule has 0 saturated carbocycles. The monoisotopic (exact) mass is 331 g/mol. The van der Waals surface area contributed by atoms with Gasteiger partial charge in [-0.15, -0.1) is 0 Å². The van der Waals surface area contributed by atoms with Gasteiger partial charge in [-0.1, -0.05) is 26.8 Å². The van der Waals surface area contributed by atoms with Crippen molar-refractivity contribution in [1.29, 1.82) is 0 Å². The van der Waals surface area contributed by atoms with Gasteiger partial charge in [0.25, 0.3) is 5.91 Å². The predicted molar refractivity (Wildman–Crippen MR) is 93.6 cm³/mol. The van der Waals surface area contributed by atoms with Crippen molar-refractivity contribution in [2.24, 2.45) is 7.05 Å². The zero-order valence-electron chi connectivity index (χ0n) is 15.1. The molecule has 0 bridgehead atoms. The smallest absolute Gasteiger partial charge is 0.262 e. The summed E-state index contributed by atoms with van der Waals surface area (Å²) in [6, 6.07) is 5.23. The summed E-state index contributed by atoms with van der Waals surface area (Å²) in [5, 5.41) is 16.9. The Morgan fingerprint density at radius 3 is 2.54 bits per heavy atom. The van der Waals surface area contributed by atoms with Crippen molar-refractivity contribution in [3.63, 3.8) is 0 Å². The second kappa shape index (κ2) is 6.55. The SMILES string of the molecule is Cc1nn(C)c(C)c1OCC(=O)Nc1cc(C(C)(C)C)ccc1O. The van der Waals surface area contributed by atoms with Crippen LogP contribution in [-0.2, 0) is 17.3 Å². The molecular formula is C18H25N3O3. The number of rotatable bonds is 4. The minimum absolute atomic E-state index is 0.0325. The molecule has 0 spiro atoms. The molecule has 1 heterocycles. The average Bonchev–Trinajstić information content (AvgIpc) is 2.71. The molecule has 0 aliphatic carbocycles. The van der Waals surface area contributed by atoms with E-state index >= 15 is 0 Å². The minimum atomic E-state index is -0.334. The number of phenols is 1. The number of carbonyl (C=O) groups excluding carboxylic acids is 1. The van der Waals surface area contributed by atoms with Crippen LogP contribution in [0.15, 0.2) is 18.2 Å². The van der Waals surface area contributed by atoms with E-state index in [-0.39, 0.29) is 23.7 Å². The lowest BCUT2D eigenvalue weighted by atomic mass is 9.87. The summed E-state index contributed by atoms with van der Waals surface area (Å²) in [5.41, 5.74) is 2.93. The maximum Gasteiger partial charge on any atom is 0.262 e. The lowest BCUT2D eigenvalue weighted by Gasteiger charge is -2.20. The second-order valence-electron chi connectivity index (χ2n) is 6.94. The fraction of sp³-hybridized carbons (Fsp3) is 0.444. The minimum Gasteiger partial charge on any atom is -0.506 e. The van der Waals surface area contributed by atoms with Gasteiger partial charge in [-0.05, 0) is 37.0 Å². The van der Waals surface area contributed by atoms with Crippen molar-refractivity contribution >= 4 is 11.6 Å². The maximum absolute atomic E-state index is 12.2. The number of anilines is 1. The Morgan fingerprint density at radius 2 is 2.00 bits per heavy atom. The Bertz CT molecular complexity index is 758. The number of aryl methyl sites for hydroxylation is 2. The molecule has 2 N–H and O–H groups in total. The number of benzene rings is 1. The van der Waals surface area contributed by atoms with Gasteiger partial charge >= 0.3 is 0 Å². The molecule has 0 unspecified atom stereocenters. The van der Waals surface area contributed by atoms with Crippen LogP contribution in [0.25, 0.3) is 0 Å². The molecule has 0 atom stereocenters. The van der Waals surface area contributed by atoms with Crippen molar-refractivity contribution in [3.05, 3.63) is 35.2 Å². The summed E-state index contributed by atoms with van der Waals surface area (Å²) in [7, 11) is 1.82. The number of aromatic hydroxyl groups is 1. The summed E-state index contributed by atoms with van der Waals surface area (Å²) in [6.07, 6.45) is 0. The predicted octanol–water partition coefficient (Wildman–Crippen LogP) is 3.06. The number of hydrogen-bond donors (Lipinski definition) is 2. The van der Waals surface area contributed by atoms with Crippen LogP contribution < -0.4 is 10.1 Å². The maximum atomic E-state index is 12.2. The summed E-state index contributed by atoms with van der Waals surface area (Å²) in [5.74, 6) is 0.310. The standard InChI is InChI=1S/C18H25N3O3/c1-11-17(12(2)21(6)20-11)24-10-16(23)19-14-9-13(18(3,4)5)7-8-15(14)22/h7-9,22H,10H2,1-6H3,(H,19,23). The third-order valence-electron chi connectivity index (χ3n) is 3.93. The Balaban J connectivity index is 2.07. The molecule has 2 rings (SSSR count). The molecule has 2 aromatic rings. The number of nitrogens with one attached hydrogen (secondary N) is 1. The molecule has 6 heteroatoms. The molecule has 0 radical (unpaired) electrons. The molecule has 6 nitrogen and oxygen atoms in total. The molecule has 130 valence electrons. The van der Waals surface area contributed by atoms with E-state index in [0.717, 1.165) is 17.0 Å². The third-order valence-corrected chi connectivity index (χ3v) is 3.93. The Labute approximate surface area is 142 Å². The van der Waals surface area contributed by atoms with Gasteiger partial charge in [-0.25, -0.2) is 0 Å². The van der Waals surface area contributed by atoms with Crippen molar-refractivity contribution in [2.75, 3.05) is 11.9 Å². The first kappa shape index (κ1) is 17.8. The van der Waals surface area contributed by atoms with E-state index in [0.29, 0.717) is 11.4 Å². The first-order chi connectivity index (χ1) is 11.1. The average molecular weight is 331 g/mol. The Kier molecular flexibility index (Phi) is 4.87. The van der Waals surface area contributed by atoms with Crippen LogP contribution in [0.2, 0.25) is 0 Å². The van der Waals surface area contributed by atoms with E-state index in [9.17, 15) is 9.90 Å². The highest BCUT2D eigenvalue weighted by Gasteiger charge is 2.17. The molecule has 0 aliphatic rings. The van der Waals surface area contributed by atoms with Crippen molar-refractivity contribution in [2.45, 2.75) is 40.0 Å². The quantitative estimate of drug-likeness (QED) is 0.844. The fourth-order valence-corrected chi connectivity index (χ4v) is 2.39. The highest BCUT2D eigenvalue weighted by atomic mass is 16.5. The van der Waals surface area contributed by atoms with Crippen molar-refractivity contribution in [1.82, 2.24) is 9.78 Å². The van der Waals surface area contributed by atoms with Crippen molar-refractivity contribution in [3.8, 4) is 11.5 Å². The highest BCUT2D eigenvalue weighted by molar-refractivity contribution is 5.93. The van der Waals surface area contributed by atoms with Gasteiger partial charge in [0.2, 0.25) is 0 Å². The van der Waals surface area contributed by atoms with E-state index in [2.05, 4.69) is 31.2 Å². The Hall–Kier alpha value is -2.50. The van der Waals surface area contributed by atoms with Crippen LogP contribution in [0, 0.1) is 13.8 Å². The van der Waals surface area contributed by atoms with Gasteiger partial charge in [0.05, 0.1) is 11.4 Å². The van der Waals surface area contributed by atoms with Gasteiger partial charge in [-0.3, -0.25) is 9.48 Å². The largest absolute Gasteiger partial charge is 0.506 e. The number of amides is 1. The summed E-state index contributed by atoms with van der Waals surface area (Å²) in [6.45, 7) is 9.78. The third kappa shape index (κ3) is 3.88. The molecule has 0 saturated heterocycles. The highest BCUT2D eigenvalue weighted by Crippen LogP contribution is 2.30. The van der Waals surface area contributed by atoms with E-state index in [4.69, 9.17) is 4.74 Å². The number of phenolic OH excluding ortho intramolecular Hbond substituents is 1. The summed E-state index contributed by atoms with van der Waals surface area (Å²) in [4.78, 5) is 12.2. The molecule has 1 amide bonds. The van der Waals surface area contributed by atoms with E-state index in [1.807, 2.05) is 27.0 Å². The number of nitrogens with zero attached hydrogens (tertiary/aromatic N) is 2. The topological polar surface area (TPSA) is 76.4 Å². The van der Waals surface area contributed by atoms with Crippen molar-refractivity contribution < 1.29 is 14.6 Å². The van der Waals surface area contributed by atoms with Crippen LogP contribution in [0.3, 0.4) is 0 Å². The van der Waals surface area contributed by atoms with Crippen LogP contribution in [0.1, 0.15) is 37.7 Å². The molecule has 1 aromatic heterocycles. The number of aromatic nitrogens is 2. The van der Waals surface area contributed by atoms with E-state index in [1.54, 1.807) is 16.8 Å². The van der Waals surface area contributed by atoms with Crippen LogP contribution in [0.5, 0.6) is 11.5 Å². The van der Waals surface area contributed by atoms with Gasteiger partial charge in [0.1, 0.15) is 11.4 Å². The van der Waals surface area contributed by atoms with Gasteiger partial charge in [-0.2, -0.15) is 5.10 Å². The first-order valence-electron chi connectivity index (χ1n) is 7.86. The van der Waals surface area contributed by atoms with Crippen LogP contribution in [-0.4, -0.2) is 27.4 Å². The second-order valence-corrected chi connectivity index (χ2v) is 6.94. The first-order valence-corrected chi connectivity index (χ1v) is 7.86. The Morgan fingerprint density at radius 1 is 1.33 bits per heavy atom. The number of ether oxygens (including phenoxy) is 1. The zero-order valence-corrected chi connectivity index (χ0v) is 15.1. The fourth-order valence-electron chi connectivity index (χ4n) is 2.39. The molecular weight excluding hydrogens is 306 g/mol. The zero-order chi connectivity index (χ0) is 18.1. The van der Waals surface area contributed by atoms with E-state index in [1.165, 1.54) is 0 Å². The van der Waals surface area contributed by atoms with Crippen LogP contribution >= 0.6 is 0 Å². The normalized spacial score (nSPS) is 11.4. The van der Waals surface area contributed by atoms with Crippen LogP contribution in [0.4, 0.5) is 5.69 Å². The molecule has 0 fully saturated rings. The summed E-state index contributed by atoms with van der Waals surface area (Å²) >= 11 is 0. The van der Waals surface area contributed by atoms with Gasteiger partial charge < -0.3 is 15.2 Å². The van der Waals surface area contributed by atoms with E-state index < -0.39 is 0 Å². The number of hydrogen-bond acceptors (Lipinski definition) is 4. The molecule has 0 aliphatic heterocycles. The molecule has 1 aromatic carbocycles. The molecule has 24 heavy (non-hydrogen) atoms.